The first kappa shape index (κ1) is 10.4. The van der Waals surface area contributed by atoms with E-state index in [1.807, 2.05) is 0 Å². The number of hydrogen-bond acceptors (Lipinski definition) is 3. The van der Waals surface area contributed by atoms with Crippen molar-refractivity contribution in [3.63, 3.8) is 0 Å². The molecule has 15 heavy (non-hydrogen) atoms. The van der Waals surface area contributed by atoms with Gasteiger partial charge in [-0.3, -0.25) is 9.59 Å². The maximum atomic E-state index is 11.8. The quantitative estimate of drug-likeness (QED) is 0.674. The molecule has 0 spiro atoms. The number of likely N-dealkylation sites (tertiary alicyclic amines) is 1. The van der Waals surface area contributed by atoms with Crippen LogP contribution in [0.1, 0.15) is 19.3 Å². The summed E-state index contributed by atoms with van der Waals surface area (Å²) in [6.07, 6.45) is 2.19. The third-order valence-corrected chi connectivity index (χ3v) is 3.30. The molecule has 84 valence electrons. The van der Waals surface area contributed by atoms with Crippen LogP contribution in [0, 0.1) is 11.8 Å². The second-order valence-electron chi connectivity index (χ2n) is 4.30. The van der Waals surface area contributed by atoms with Crippen molar-refractivity contribution in [3.05, 3.63) is 0 Å². The summed E-state index contributed by atoms with van der Waals surface area (Å²) in [5, 5.41) is 17.8. The molecular formula is C10H15NO4. The first-order valence-electron chi connectivity index (χ1n) is 5.29. The number of rotatable bonds is 3. The fourth-order valence-corrected chi connectivity index (χ4v) is 2.27. The lowest BCUT2D eigenvalue weighted by atomic mass is 10.2. The average molecular weight is 213 g/mol. The number of aliphatic hydroxyl groups excluding tert-OH is 1. The molecule has 1 heterocycles. The maximum Gasteiger partial charge on any atom is 0.307 e. The first-order valence-corrected chi connectivity index (χ1v) is 5.29. The summed E-state index contributed by atoms with van der Waals surface area (Å²) < 4.78 is 0. The normalized spacial score (nSPS) is 34.2. The second-order valence-corrected chi connectivity index (χ2v) is 4.30. The molecule has 0 aromatic heterocycles. The van der Waals surface area contributed by atoms with Crippen LogP contribution in [0.4, 0.5) is 0 Å². The summed E-state index contributed by atoms with van der Waals surface area (Å²) in [6.45, 7) is 0.642. The van der Waals surface area contributed by atoms with Crippen molar-refractivity contribution in [2.45, 2.75) is 25.3 Å². The maximum absolute atomic E-state index is 11.8. The van der Waals surface area contributed by atoms with Crippen LogP contribution in [0.5, 0.6) is 0 Å². The Balaban J connectivity index is 1.94. The molecule has 3 atom stereocenters. The fraction of sp³-hybridized carbons (Fsp3) is 0.800. The second kappa shape index (κ2) is 3.81. The molecule has 1 saturated heterocycles. The van der Waals surface area contributed by atoms with Crippen molar-refractivity contribution in [2.75, 3.05) is 13.2 Å². The molecule has 0 aromatic rings. The van der Waals surface area contributed by atoms with E-state index < -0.39 is 11.9 Å². The third-order valence-electron chi connectivity index (χ3n) is 3.30. The third kappa shape index (κ3) is 1.84. The summed E-state index contributed by atoms with van der Waals surface area (Å²) in [5.74, 6) is -1.79. The van der Waals surface area contributed by atoms with Crippen molar-refractivity contribution < 1.29 is 19.8 Å². The van der Waals surface area contributed by atoms with Crippen LogP contribution < -0.4 is 0 Å². The SMILES string of the molecule is O=C(O)[C@H]1C[C@H]1C(=O)N1CCCC1CO. The van der Waals surface area contributed by atoms with Crippen molar-refractivity contribution in [1.29, 1.82) is 0 Å². The van der Waals surface area contributed by atoms with Gasteiger partial charge in [0.15, 0.2) is 0 Å². The fourth-order valence-electron chi connectivity index (χ4n) is 2.27. The van der Waals surface area contributed by atoms with Gasteiger partial charge in [-0.15, -0.1) is 0 Å². The Hall–Kier alpha value is -1.10. The number of nitrogens with zero attached hydrogens (tertiary/aromatic N) is 1. The van der Waals surface area contributed by atoms with E-state index in [0.29, 0.717) is 13.0 Å². The Kier molecular flexibility index (Phi) is 2.65. The van der Waals surface area contributed by atoms with Gasteiger partial charge in [0.2, 0.25) is 5.91 Å². The predicted octanol–water partition coefficient (Wildman–Crippen LogP) is -0.310. The van der Waals surface area contributed by atoms with Gasteiger partial charge >= 0.3 is 5.97 Å². The smallest absolute Gasteiger partial charge is 0.307 e. The number of carboxylic acids is 1. The molecule has 0 aromatic carbocycles. The van der Waals surface area contributed by atoms with Crippen LogP contribution in [0.3, 0.4) is 0 Å². The zero-order chi connectivity index (χ0) is 11.0. The zero-order valence-corrected chi connectivity index (χ0v) is 8.43. The van der Waals surface area contributed by atoms with Gasteiger partial charge in [-0.05, 0) is 19.3 Å². The number of carboxylic acid groups (broad SMARTS) is 1. The molecule has 2 rings (SSSR count). The molecule has 2 fully saturated rings. The van der Waals surface area contributed by atoms with Crippen LogP contribution >= 0.6 is 0 Å². The lowest BCUT2D eigenvalue weighted by molar-refractivity contribution is -0.142. The van der Waals surface area contributed by atoms with Crippen LogP contribution in [-0.4, -0.2) is 46.2 Å². The van der Waals surface area contributed by atoms with Crippen LogP contribution in [-0.2, 0) is 9.59 Å². The highest BCUT2D eigenvalue weighted by Crippen LogP contribution is 2.41. The number of carbonyl (C=O) groups is 2. The highest BCUT2D eigenvalue weighted by atomic mass is 16.4. The Morgan fingerprint density at radius 1 is 1.33 bits per heavy atom. The van der Waals surface area contributed by atoms with Crippen LogP contribution in [0.25, 0.3) is 0 Å². The Bertz CT molecular complexity index is 291. The van der Waals surface area contributed by atoms with Crippen molar-refractivity contribution in [3.8, 4) is 0 Å². The van der Waals surface area contributed by atoms with Gasteiger partial charge in [0.1, 0.15) is 0 Å². The highest BCUT2D eigenvalue weighted by Gasteiger charge is 2.51. The topological polar surface area (TPSA) is 77.8 Å². The number of carbonyl (C=O) groups excluding carboxylic acids is 1. The minimum atomic E-state index is -0.881. The predicted molar refractivity (Wildman–Crippen MR) is 51.1 cm³/mol. The van der Waals surface area contributed by atoms with Crippen molar-refractivity contribution in [1.82, 2.24) is 4.90 Å². The molecule has 1 aliphatic carbocycles. The first-order chi connectivity index (χ1) is 7.15. The number of hydrogen-bond donors (Lipinski definition) is 2. The Labute approximate surface area is 87.7 Å². The molecule has 0 bridgehead atoms. The zero-order valence-electron chi connectivity index (χ0n) is 8.43. The van der Waals surface area contributed by atoms with E-state index in [9.17, 15) is 9.59 Å². The number of aliphatic carboxylic acids is 1. The molecule has 1 amide bonds. The van der Waals surface area contributed by atoms with Crippen LogP contribution in [0.15, 0.2) is 0 Å². The van der Waals surface area contributed by atoms with Gasteiger partial charge in [-0.2, -0.15) is 0 Å². The Morgan fingerprint density at radius 2 is 2.07 bits per heavy atom. The minimum Gasteiger partial charge on any atom is -0.481 e. The summed E-state index contributed by atoms with van der Waals surface area (Å²) in [4.78, 5) is 24.1. The molecule has 2 aliphatic rings. The van der Waals surface area contributed by atoms with Gasteiger partial charge in [0.25, 0.3) is 0 Å². The van der Waals surface area contributed by atoms with E-state index >= 15 is 0 Å². The Morgan fingerprint density at radius 3 is 2.60 bits per heavy atom. The highest BCUT2D eigenvalue weighted by molar-refractivity contribution is 5.89. The van der Waals surface area contributed by atoms with Gasteiger partial charge in [0, 0.05) is 6.54 Å². The lowest BCUT2D eigenvalue weighted by Gasteiger charge is -2.22. The molecule has 5 heteroatoms. The lowest BCUT2D eigenvalue weighted by Crippen LogP contribution is -2.39. The largest absolute Gasteiger partial charge is 0.481 e. The van der Waals surface area contributed by atoms with E-state index in [1.54, 1.807) is 4.90 Å². The number of amides is 1. The molecule has 5 nitrogen and oxygen atoms in total. The van der Waals surface area contributed by atoms with Crippen molar-refractivity contribution in [2.24, 2.45) is 11.8 Å². The van der Waals surface area contributed by atoms with E-state index in [-0.39, 0.29) is 24.5 Å². The van der Waals surface area contributed by atoms with Gasteiger partial charge in [-0.25, -0.2) is 0 Å². The standard InChI is InChI=1S/C10H15NO4/c12-5-6-2-1-3-11(6)9(13)7-4-8(7)10(14)15/h6-8,12H,1-5H2,(H,14,15)/t6?,7-,8+/m1/s1. The molecule has 1 aliphatic heterocycles. The van der Waals surface area contributed by atoms with E-state index in [4.69, 9.17) is 10.2 Å². The van der Waals surface area contributed by atoms with Gasteiger partial charge in [-0.1, -0.05) is 0 Å². The molecule has 0 radical (unpaired) electrons. The van der Waals surface area contributed by atoms with E-state index in [2.05, 4.69) is 0 Å². The minimum absolute atomic E-state index is 0.0177. The van der Waals surface area contributed by atoms with Crippen molar-refractivity contribution >= 4 is 11.9 Å². The summed E-state index contributed by atoms with van der Waals surface area (Å²) in [6, 6.07) is -0.0902. The summed E-state index contributed by atoms with van der Waals surface area (Å²) in [7, 11) is 0. The van der Waals surface area contributed by atoms with E-state index in [0.717, 1.165) is 12.8 Å². The molecule has 2 N–H and O–H groups in total. The molecule has 1 saturated carbocycles. The average Bonchev–Trinajstić information content (AvgIpc) is 2.88. The van der Waals surface area contributed by atoms with E-state index in [1.165, 1.54) is 0 Å². The number of aliphatic hydroxyl groups is 1. The molecular weight excluding hydrogens is 198 g/mol. The summed E-state index contributed by atoms with van der Waals surface area (Å²) in [5.41, 5.74) is 0. The van der Waals surface area contributed by atoms with Gasteiger partial charge in [0.05, 0.1) is 24.5 Å². The monoisotopic (exact) mass is 213 g/mol. The summed E-state index contributed by atoms with van der Waals surface area (Å²) >= 11 is 0. The van der Waals surface area contributed by atoms with Gasteiger partial charge < -0.3 is 15.1 Å². The molecule has 1 unspecified atom stereocenters. The van der Waals surface area contributed by atoms with Crippen LogP contribution in [0.2, 0.25) is 0 Å².